The molecule has 1 aliphatic rings. The van der Waals surface area contributed by atoms with Crippen LogP contribution >= 0.6 is 0 Å². The summed E-state index contributed by atoms with van der Waals surface area (Å²) in [5, 5.41) is 0. The zero-order chi connectivity index (χ0) is 17.9. The monoisotopic (exact) mass is 346 g/mol. The fourth-order valence-corrected chi connectivity index (χ4v) is 3.53. The Morgan fingerprint density at radius 1 is 0.692 bits per heavy atom. The summed E-state index contributed by atoms with van der Waals surface area (Å²) in [6.45, 7) is 3.10. The first-order chi connectivity index (χ1) is 12.7. The van der Waals surface area contributed by atoms with Crippen molar-refractivity contribution in [3.63, 3.8) is 0 Å². The highest BCUT2D eigenvalue weighted by Gasteiger charge is 2.20. The lowest BCUT2D eigenvalue weighted by Crippen LogP contribution is -2.18. The van der Waals surface area contributed by atoms with Crippen LogP contribution in [-0.4, -0.2) is 6.61 Å². The molecule has 1 aliphatic heterocycles. The molecule has 2 heteroatoms. The molecular weight excluding hydrogens is 323 g/mol. The first-order valence-corrected chi connectivity index (χ1v) is 9.27. The van der Waals surface area contributed by atoms with Gasteiger partial charge in [-0.25, -0.2) is 4.39 Å². The minimum Gasteiger partial charge on any atom is -0.373 e. The van der Waals surface area contributed by atoms with Crippen molar-refractivity contribution in [2.45, 2.75) is 25.9 Å². The van der Waals surface area contributed by atoms with E-state index in [4.69, 9.17) is 4.74 Å². The second-order valence-corrected chi connectivity index (χ2v) is 7.21. The Bertz CT molecular complexity index is 842. The van der Waals surface area contributed by atoms with E-state index in [-0.39, 0.29) is 11.9 Å². The normalized spacial score (nSPS) is 20.1. The van der Waals surface area contributed by atoms with E-state index in [0.29, 0.717) is 5.92 Å². The SMILES string of the molecule is CC1CCC(c2ccc(-c3ccc(-c4ccc(F)cc4)cc3)cc2)OC1. The first-order valence-electron chi connectivity index (χ1n) is 9.27. The second kappa shape index (κ2) is 7.43. The third-order valence-corrected chi connectivity index (χ3v) is 5.18. The van der Waals surface area contributed by atoms with Crippen molar-refractivity contribution in [3.05, 3.63) is 84.2 Å². The van der Waals surface area contributed by atoms with E-state index < -0.39 is 0 Å². The van der Waals surface area contributed by atoms with Gasteiger partial charge < -0.3 is 4.74 Å². The third kappa shape index (κ3) is 3.71. The van der Waals surface area contributed by atoms with Gasteiger partial charge in [0.15, 0.2) is 0 Å². The van der Waals surface area contributed by atoms with E-state index in [1.54, 1.807) is 0 Å². The number of hydrogen-bond acceptors (Lipinski definition) is 1. The summed E-state index contributed by atoms with van der Waals surface area (Å²) < 4.78 is 19.0. The van der Waals surface area contributed by atoms with Crippen LogP contribution in [0.15, 0.2) is 72.8 Å². The molecule has 0 aliphatic carbocycles. The van der Waals surface area contributed by atoms with Gasteiger partial charge in [-0.3, -0.25) is 0 Å². The molecule has 3 aromatic carbocycles. The van der Waals surface area contributed by atoms with Crippen LogP contribution in [0.25, 0.3) is 22.3 Å². The van der Waals surface area contributed by atoms with Crippen LogP contribution in [0.4, 0.5) is 4.39 Å². The Balaban J connectivity index is 1.50. The molecule has 0 bridgehead atoms. The lowest BCUT2D eigenvalue weighted by atomic mass is 9.94. The van der Waals surface area contributed by atoms with Crippen molar-refractivity contribution in [2.75, 3.05) is 6.61 Å². The molecule has 0 aromatic heterocycles. The van der Waals surface area contributed by atoms with Gasteiger partial charge in [0.05, 0.1) is 6.10 Å². The topological polar surface area (TPSA) is 9.23 Å². The van der Waals surface area contributed by atoms with Gasteiger partial charge >= 0.3 is 0 Å². The van der Waals surface area contributed by atoms with Gasteiger partial charge in [0, 0.05) is 6.61 Å². The number of hydrogen-bond donors (Lipinski definition) is 0. The average Bonchev–Trinajstić information content (AvgIpc) is 2.70. The van der Waals surface area contributed by atoms with Gasteiger partial charge in [0.25, 0.3) is 0 Å². The number of ether oxygens (including phenoxy) is 1. The highest BCUT2D eigenvalue weighted by Crippen LogP contribution is 2.32. The third-order valence-electron chi connectivity index (χ3n) is 5.18. The molecule has 3 aromatic rings. The summed E-state index contributed by atoms with van der Waals surface area (Å²) in [6.07, 6.45) is 2.57. The number of rotatable bonds is 3. The van der Waals surface area contributed by atoms with Crippen molar-refractivity contribution in [2.24, 2.45) is 5.92 Å². The Hall–Kier alpha value is -2.45. The van der Waals surface area contributed by atoms with Crippen LogP contribution in [0.2, 0.25) is 0 Å². The quantitative estimate of drug-likeness (QED) is 0.516. The molecule has 1 heterocycles. The minimum absolute atomic E-state index is 0.207. The molecule has 2 atom stereocenters. The van der Waals surface area contributed by atoms with Crippen molar-refractivity contribution >= 4 is 0 Å². The van der Waals surface area contributed by atoms with E-state index >= 15 is 0 Å². The minimum atomic E-state index is -0.207. The van der Waals surface area contributed by atoms with Crippen LogP contribution in [0.5, 0.6) is 0 Å². The Kier molecular flexibility index (Phi) is 4.85. The summed E-state index contributed by atoms with van der Waals surface area (Å²) >= 11 is 0. The van der Waals surface area contributed by atoms with Crippen LogP contribution in [0.3, 0.4) is 0 Å². The summed E-state index contributed by atoms with van der Waals surface area (Å²) in [5.74, 6) is 0.465. The maximum Gasteiger partial charge on any atom is 0.123 e. The molecule has 0 N–H and O–H groups in total. The fraction of sp³-hybridized carbons (Fsp3) is 0.250. The van der Waals surface area contributed by atoms with Crippen molar-refractivity contribution < 1.29 is 9.13 Å². The smallest absolute Gasteiger partial charge is 0.123 e. The van der Waals surface area contributed by atoms with E-state index in [0.717, 1.165) is 24.2 Å². The molecular formula is C24H23FO. The predicted molar refractivity (Wildman–Crippen MR) is 104 cm³/mol. The first kappa shape index (κ1) is 17.0. The van der Waals surface area contributed by atoms with Gasteiger partial charge in [-0.15, -0.1) is 0 Å². The highest BCUT2D eigenvalue weighted by atomic mass is 19.1. The van der Waals surface area contributed by atoms with Gasteiger partial charge in [-0.2, -0.15) is 0 Å². The van der Waals surface area contributed by atoms with Crippen LogP contribution in [0, 0.1) is 11.7 Å². The largest absolute Gasteiger partial charge is 0.373 e. The van der Waals surface area contributed by atoms with Crippen molar-refractivity contribution in [1.29, 1.82) is 0 Å². The standard InChI is InChI=1S/C24H23FO/c1-17-2-15-24(26-16-17)22-9-7-20(8-10-22)18-3-5-19(6-4-18)21-11-13-23(25)14-12-21/h3-14,17,24H,2,15-16H2,1H3. The zero-order valence-electron chi connectivity index (χ0n) is 15.0. The average molecular weight is 346 g/mol. The molecule has 26 heavy (non-hydrogen) atoms. The summed E-state index contributed by atoms with van der Waals surface area (Å²) in [7, 11) is 0. The molecule has 0 radical (unpaired) electrons. The summed E-state index contributed by atoms with van der Waals surface area (Å²) in [4.78, 5) is 0. The molecule has 132 valence electrons. The Labute approximate surface area is 154 Å². The Morgan fingerprint density at radius 3 is 1.62 bits per heavy atom. The zero-order valence-corrected chi connectivity index (χ0v) is 15.0. The van der Waals surface area contributed by atoms with E-state index in [2.05, 4.69) is 55.5 Å². The summed E-state index contributed by atoms with van der Waals surface area (Å²) in [5.41, 5.74) is 5.76. The molecule has 2 unspecified atom stereocenters. The van der Waals surface area contributed by atoms with E-state index in [1.807, 2.05) is 12.1 Å². The van der Waals surface area contributed by atoms with Gasteiger partial charge in [-0.05, 0) is 58.7 Å². The molecule has 0 amide bonds. The number of halogens is 1. The van der Waals surface area contributed by atoms with Crippen molar-refractivity contribution in [3.8, 4) is 22.3 Å². The lowest BCUT2D eigenvalue weighted by molar-refractivity contribution is -0.0123. The number of benzene rings is 3. The van der Waals surface area contributed by atoms with E-state index in [1.165, 1.54) is 35.2 Å². The van der Waals surface area contributed by atoms with Crippen LogP contribution < -0.4 is 0 Å². The fourth-order valence-electron chi connectivity index (χ4n) is 3.53. The predicted octanol–water partition coefficient (Wildman–Crippen LogP) is 6.65. The Morgan fingerprint density at radius 2 is 1.15 bits per heavy atom. The molecule has 4 rings (SSSR count). The highest BCUT2D eigenvalue weighted by molar-refractivity contribution is 5.70. The molecule has 0 saturated carbocycles. The van der Waals surface area contributed by atoms with E-state index in [9.17, 15) is 4.39 Å². The molecule has 1 fully saturated rings. The lowest BCUT2D eigenvalue weighted by Gasteiger charge is -2.27. The van der Waals surface area contributed by atoms with Gasteiger partial charge in [0.2, 0.25) is 0 Å². The van der Waals surface area contributed by atoms with Crippen LogP contribution in [0.1, 0.15) is 31.4 Å². The maximum atomic E-state index is 13.1. The van der Waals surface area contributed by atoms with Crippen molar-refractivity contribution in [1.82, 2.24) is 0 Å². The molecule has 1 saturated heterocycles. The molecule has 0 spiro atoms. The van der Waals surface area contributed by atoms with Gasteiger partial charge in [0.1, 0.15) is 5.82 Å². The van der Waals surface area contributed by atoms with Crippen LogP contribution in [-0.2, 0) is 4.74 Å². The summed E-state index contributed by atoms with van der Waals surface area (Å²) in [6, 6.07) is 23.7. The molecule has 1 nitrogen and oxygen atoms in total. The van der Waals surface area contributed by atoms with Gasteiger partial charge in [-0.1, -0.05) is 67.6 Å². The maximum absolute atomic E-state index is 13.1. The second-order valence-electron chi connectivity index (χ2n) is 7.21.